The minimum absolute atomic E-state index is 0.0369. The summed E-state index contributed by atoms with van der Waals surface area (Å²) >= 11 is 6.33. The van der Waals surface area contributed by atoms with Crippen molar-refractivity contribution >= 4 is 34.3 Å². The Morgan fingerprint density at radius 2 is 1.83 bits per heavy atom. The largest absolute Gasteiger partial charge is 0.491 e. The van der Waals surface area contributed by atoms with Gasteiger partial charge in [0.25, 0.3) is 5.91 Å². The highest BCUT2D eigenvalue weighted by molar-refractivity contribution is 6.38. The summed E-state index contributed by atoms with van der Waals surface area (Å²) in [5, 5.41) is 13.5. The van der Waals surface area contributed by atoms with Crippen molar-refractivity contribution in [3.8, 4) is 17.0 Å². The number of halogens is 5. The van der Waals surface area contributed by atoms with Crippen LogP contribution >= 0.6 is 11.6 Å². The number of nitrogens with one attached hydrogen (secondary N) is 1. The van der Waals surface area contributed by atoms with Gasteiger partial charge in [-0.15, -0.1) is 0 Å². The number of nitrogens with two attached hydrogens (primary N) is 1. The van der Waals surface area contributed by atoms with Crippen molar-refractivity contribution in [1.82, 2.24) is 15.3 Å². The van der Waals surface area contributed by atoms with Crippen LogP contribution in [-0.2, 0) is 16.8 Å². The van der Waals surface area contributed by atoms with Crippen molar-refractivity contribution in [2.24, 2.45) is 5.73 Å². The molecular weight excluding hydrogens is 568 g/mol. The summed E-state index contributed by atoms with van der Waals surface area (Å²) in [7, 11) is 0. The van der Waals surface area contributed by atoms with E-state index < -0.39 is 48.1 Å². The molecule has 4 N–H and O–H groups in total. The molecule has 0 radical (unpaired) electrons. The van der Waals surface area contributed by atoms with Crippen LogP contribution in [0, 0.1) is 5.82 Å². The van der Waals surface area contributed by atoms with E-state index in [4.69, 9.17) is 22.1 Å². The first-order valence-electron chi connectivity index (χ1n) is 12.2. The molecule has 2 amide bonds. The number of pyridine rings is 2. The fourth-order valence-electron chi connectivity index (χ4n) is 4.16. The molecule has 0 spiro atoms. The van der Waals surface area contributed by atoms with Gasteiger partial charge < -0.3 is 20.9 Å². The van der Waals surface area contributed by atoms with Gasteiger partial charge in [0.1, 0.15) is 17.3 Å². The summed E-state index contributed by atoms with van der Waals surface area (Å²) < 4.78 is 62.7. The van der Waals surface area contributed by atoms with E-state index >= 15 is 0 Å². The molecule has 2 aromatic carbocycles. The number of primary amides is 1. The molecule has 2 aromatic heterocycles. The van der Waals surface area contributed by atoms with Crippen LogP contribution < -0.4 is 15.8 Å². The molecule has 8 nitrogen and oxygen atoms in total. The number of carbonyl (C=O) groups excluding carboxylic acids is 2. The Kier molecular flexibility index (Phi) is 8.45. The molecule has 0 aliphatic heterocycles. The van der Waals surface area contributed by atoms with E-state index in [1.54, 1.807) is 19.1 Å². The lowest BCUT2D eigenvalue weighted by Crippen LogP contribution is -2.51. The van der Waals surface area contributed by atoms with E-state index in [2.05, 4.69) is 15.3 Å². The Labute approximate surface area is 236 Å². The lowest BCUT2D eigenvalue weighted by atomic mass is 9.93. The second-order valence-electron chi connectivity index (χ2n) is 8.97. The third-order valence-corrected chi connectivity index (χ3v) is 6.59. The molecular formula is C28H23ClF4N4O4. The molecule has 0 unspecified atom stereocenters. The average molecular weight is 591 g/mol. The highest BCUT2D eigenvalue weighted by atomic mass is 35.5. The second kappa shape index (κ2) is 11.7. The standard InChI is InChI=1S/C28H23ClF4N4O4/c1-2-41-25-16(13-22(34)38)12-21(37-24(25)15-5-7-17(30)8-6-15)27(40,28(31,32)33)14-36-26(39)19-9-10-20-18(23(19)29)4-3-11-35-20/h3-12,40H,2,13-14H2,1H3,(H2,34,38)(H,36,39)/t27-/m0/s1. The SMILES string of the molecule is CCOc1c(CC(N)=O)cc([C@@](O)(CNC(=O)c2ccc3ncccc3c2Cl)C(F)(F)F)nc1-c1ccc(F)cc1. The van der Waals surface area contributed by atoms with Crippen LogP contribution in [0.1, 0.15) is 28.5 Å². The van der Waals surface area contributed by atoms with E-state index in [0.717, 1.165) is 18.2 Å². The van der Waals surface area contributed by atoms with Gasteiger partial charge in [0.15, 0.2) is 0 Å². The lowest BCUT2D eigenvalue weighted by molar-refractivity contribution is -0.265. The smallest absolute Gasteiger partial charge is 0.424 e. The number of aromatic nitrogens is 2. The van der Waals surface area contributed by atoms with Gasteiger partial charge in [-0.05, 0) is 61.5 Å². The number of hydrogen-bond acceptors (Lipinski definition) is 6. The highest BCUT2D eigenvalue weighted by Gasteiger charge is 2.56. The van der Waals surface area contributed by atoms with Crippen LogP contribution in [0.5, 0.6) is 5.75 Å². The van der Waals surface area contributed by atoms with Gasteiger partial charge in [-0.2, -0.15) is 13.2 Å². The van der Waals surface area contributed by atoms with Crippen LogP contribution in [-0.4, -0.2) is 46.2 Å². The normalized spacial score (nSPS) is 13.0. The zero-order chi connectivity index (χ0) is 29.9. The second-order valence-corrected chi connectivity index (χ2v) is 9.34. The van der Waals surface area contributed by atoms with Gasteiger partial charge >= 0.3 is 6.18 Å². The number of ether oxygens (including phenoxy) is 1. The first kappa shape index (κ1) is 29.7. The average Bonchev–Trinajstić information content (AvgIpc) is 2.92. The Bertz CT molecular complexity index is 1620. The van der Waals surface area contributed by atoms with Crippen LogP contribution in [0.4, 0.5) is 17.6 Å². The first-order chi connectivity index (χ1) is 19.4. The predicted molar refractivity (Wildman–Crippen MR) is 143 cm³/mol. The summed E-state index contributed by atoms with van der Waals surface area (Å²) in [6.07, 6.45) is -4.40. The van der Waals surface area contributed by atoms with Gasteiger partial charge in [-0.1, -0.05) is 11.6 Å². The van der Waals surface area contributed by atoms with Gasteiger partial charge in [-0.25, -0.2) is 9.37 Å². The minimum atomic E-state index is -5.36. The van der Waals surface area contributed by atoms with Crippen molar-refractivity contribution < 1.29 is 37.0 Å². The summed E-state index contributed by atoms with van der Waals surface area (Å²) in [6.45, 7) is 0.283. The Morgan fingerprint density at radius 3 is 2.46 bits per heavy atom. The van der Waals surface area contributed by atoms with E-state index in [1.165, 1.54) is 30.5 Å². The Morgan fingerprint density at radius 1 is 1.12 bits per heavy atom. The van der Waals surface area contributed by atoms with E-state index in [-0.39, 0.29) is 39.8 Å². The van der Waals surface area contributed by atoms with Gasteiger partial charge in [0.2, 0.25) is 11.5 Å². The quantitative estimate of drug-likeness (QED) is 0.243. The van der Waals surface area contributed by atoms with Crippen molar-refractivity contribution in [2.45, 2.75) is 25.1 Å². The monoisotopic (exact) mass is 590 g/mol. The van der Waals surface area contributed by atoms with Gasteiger partial charge in [0.05, 0.1) is 41.4 Å². The predicted octanol–water partition coefficient (Wildman–Crippen LogP) is 4.70. The van der Waals surface area contributed by atoms with Crippen LogP contribution in [0.25, 0.3) is 22.2 Å². The van der Waals surface area contributed by atoms with Crippen molar-refractivity contribution in [3.63, 3.8) is 0 Å². The van der Waals surface area contributed by atoms with Crippen LogP contribution in [0.15, 0.2) is 60.8 Å². The summed E-state index contributed by atoms with van der Waals surface area (Å²) in [5.41, 5.74) is 0.836. The van der Waals surface area contributed by atoms with E-state index in [1.807, 2.05) is 0 Å². The molecule has 0 saturated carbocycles. The number of alkyl halides is 3. The van der Waals surface area contributed by atoms with Crippen LogP contribution in [0.3, 0.4) is 0 Å². The highest BCUT2D eigenvalue weighted by Crippen LogP contribution is 2.42. The van der Waals surface area contributed by atoms with E-state index in [9.17, 15) is 32.3 Å². The molecule has 0 aliphatic rings. The fourth-order valence-corrected chi connectivity index (χ4v) is 4.47. The number of benzene rings is 2. The zero-order valence-electron chi connectivity index (χ0n) is 21.4. The van der Waals surface area contributed by atoms with Crippen LogP contribution in [0.2, 0.25) is 5.02 Å². The summed E-state index contributed by atoms with van der Waals surface area (Å²) in [6, 6.07) is 11.4. The maximum absolute atomic E-state index is 14.5. The fraction of sp³-hybridized carbons (Fsp3) is 0.214. The number of nitrogens with zero attached hydrogens (tertiary/aromatic N) is 2. The molecule has 13 heteroatoms. The minimum Gasteiger partial charge on any atom is -0.491 e. The molecule has 0 saturated heterocycles. The molecule has 0 fully saturated rings. The van der Waals surface area contributed by atoms with Gasteiger partial charge in [0, 0.05) is 22.7 Å². The third-order valence-electron chi connectivity index (χ3n) is 6.18. The Hall–Kier alpha value is -4.29. The Balaban J connectivity index is 1.81. The number of hydrogen-bond donors (Lipinski definition) is 3. The summed E-state index contributed by atoms with van der Waals surface area (Å²) in [5.74, 6) is -2.56. The molecule has 0 aliphatic carbocycles. The zero-order valence-corrected chi connectivity index (χ0v) is 22.2. The number of rotatable bonds is 9. The molecule has 4 aromatic rings. The number of fused-ring (bicyclic) bond motifs is 1. The lowest BCUT2D eigenvalue weighted by Gasteiger charge is -2.31. The maximum atomic E-state index is 14.5. The molecule has 0 bridgehead atoms. The molecule has 41 heavy (non-hydrogen) atoms. The molecule has 4 rings (SSSR count). The van der Waals surface area contributed by atoms with Gasteiger partial charge in [-0.3, -0.25) is 14.6 Å². The number of amides is 2. The maximum Gasteiger partial charge on any atom is 0.424 e. The number of aliphatic hydroxyl groups is 1. The topological polar surface area (TPSA) is 127 Å². The molecule has 1 atom stereocenters. The van der Waals surface area contributed by atoms with Crippen molar-refractivity contribution in [3.05, 3.63) is 88.5 Å². The molecule has 214 valence electrons. The first-order valence-corrected chi connectivity index (χ1v) is 12.6. The molecule has 2 heterocycles. The summed E-state index contributed by atoms with van der Waals surface area (Å²) in [4.78, 5) is 32.9. The van der Waals surface area contributed by atoms with Crippen molar-refractivity contribution in [1.29, 1.82) is 0 Å². The van der Waals surface area contributed by atoms with Crippen molar-refractivity contribution in [2.75, 3.05) is 13.2 Å². The third kappa shape index (κ3) is 6.08. The van der Waals surface area contributed by atoms with E-state index in [0.29, 0.717) is 10.9 Å². The number of carbonyl (C=O) groups is 2.